The van der Waals surface area contributed by atoms with Crippen molar-refractivity contribution in [3.05, 3.63) is 41.2 Å². The van der Waals surface area contributed by atoms with Crippen molar-refractivity contribution in [1.82, 2.24) is 4.90 Å². The Labute approximate surface area is 141 Å². The van der Waals surface area contributed by atoms with Crippen LogP contribution in [0.5, 0.6) is 5.75 Å². The highest BCUT2D eigenvalue weighted by atomic mass is 19.1. The summed E-state index contributed by atoms with van der Waals surface area (Å²) in [6.45, 7) is 6.35. The summed E-state index contributed by atoms with van der Waals surface area (Å²) >= 11 is 0. The summed E-state index contributed by atoms with van der Waals surface area (Å²) in [6.07, 6.45) is 4.27. The first-order valence-corrected chi connectivity index (χ1v) is 8.47. The lowest BCUT2D eigenvalue weighted by Gasteiger charge is -2.41. The first-order valence-electron chi connectivity index (χ1n) is 8.47. The number of carboxylic acids is 1. The van der Waals surface area contributed by atoms with Crippen LogP contribution in [-0.4, -0.2) is 41.2 Å². The molecule has 0 spiro atoms. The van der Waals surface area contributed by atoms with Crippen LogP contribution >= 0.6 is 0 Å². The molecule has 0 bridgehead atoms. The molecule has 0 aliphatic carbocycles. The summed E-state index contributed by atoms with van der Waals surface area (Å²) in [5, 5.41) is 9.14. The third-order valence-corrected chi connectivity index (χ3v) is 5.14. The van der Waals surface area contributed by atoms with E-state index in [4.69, 9.17) is 9.84 Å². The number of aliphatic carboxylic acids is 1. The Hall–Kier alpha value is -1.88. The summed E-state index contributed by atoms with van der Waals surface area (Å²) in [6, 6.07) is 4.70. The first kappa shape index (κ1) is 17.0. The Morgan fingerprint density at radius 1 is 1.46 bits per heavy atom. The van der Waals surface area contributed by atoms with Crippen LogP contribution in [0, 0.1) is 11.7 Å². The maximum atomic E-state index is 13.5. The van der Waals surface area contributed by atoms with Crippen LogP contribution in [0.2, 0.25) is 0 Å². The van der Waals surface area contributed by atoms with Gasteiger partial charge in [0.25, 0.3) is 0 Å². The minimum Gasteiger partial charge on any atom is -0.487 e. The van der Waals surface area contributed by atoms with Crippen molar-refractivity contribution in [2.45, 2.75) is 38.7 Å². The molecule has 2 aliphatic rings. The molecule has 3 rings (SSSR count). The highest BCUT2D eigenvalue weighted by Gasteiger charge is 2.37. The number of fused-ring (bicyclic) bond motifs is 1. The van der Waals surface area contributed by atoms with Crippen molar-refractivity contribution in [3.63, 3.8) is 0 Å². The molecule has 1 atom stereocenters. The van der Waals surface area contributed by atoms with Gasteiger partial charge in [-0.25, -0.2) is 9.18 Å². The van der Waals surface area contributed by atoms with Crippen LogP contribution in [0.15, 0.2) is 29.8 Å². The quantitative estimate of drug-likeness (QED) is 0.919. The summed E-state index contributed by atoms with van der Waals surface area (Å²) in [5.41, 5.74) is 1.09. The molecule has 1 unspecified atom stereocenters. The zero-order valence-electron chi connectivity index (χ0n) is 14.2. The number of carboxylic acid groups (broad SMARTS) is 1. The van der Waals surface area contributed by atoms with E-state index in [2.05, 4.69) is 18.7 Å². The van der Waals surface area contributed by atoms with E-state index in [1.807, 2.05) is 6.08 Å². The van der Waals surface area contributed by atoms with Crippen molar-refractivity contribution < 1.29 is 19.0 Å². The number of ether oxygens (including phenoxy) is 1. The maximum Gasteiger partial charge on any atom is 0.332 e. The van der Waals surface area contributed by atoms with Crippen molar-refractivity contribution in [2.24, 2.45) is 5.92 Å². The molecule has 1 N–H and O–H groups in total. The van der Waals surface area contributed by atoms with E-state index < -0.39 is 5.97 Å². The Morgan fingerprint density at radius 3 is 3.00 bits per heavy atom. The van der Waals surface area contributed by atoms with Crippen molar-refractivity contribution in [1.29, 1.82) is 0 Å². The number of carbonyl (C=O) groups is 1. The maximum absolute atomic E-state index is 13.5. The van der Waals surface area contributed by atoms with Gasteiger partial charge >= 0.3 is 5.97 Å². The highest BCUT2D eigenvalue weighted by Crippen LogP contribution is 2.38. The van der Waals surface area contributed by atoms with E-state index in [1.165, 1.54) is 6.07 Å². The van der Waals surface area contributed by atoms with Gasteiger partial charge < -0.3 is 9.84 Å². The summed E-state index contributed by atoms with van der Waals surface area (Å²) in [7, 11) is 0. The van der Waals surface area contributed by atoms with Crippen molar-refractivity contribution >= 4 is 5.97 Å². The Bertz CT molecular complexity index is 669. The molecule has 5 heteroatoms. The lowest BCUT2D eigenvalue weighted by Crippen LogP contribution is -2.44. The second-order valence-electron chi connectivity index (χ2n) is 7.25. The Balaban J connectivity index is 1.65. The van der Waals surface area contributed by atoms with E-state index >= 15 is 0 Å². The van der Waals surface area contributed by atoms with Gasteiger partial charge in [-0.05, 0) is 63.4 Å². The molecule has 1 aromatic carbocycles. The standard InChI is InChI=1S/C19H24FNO3/c1-19(2)15(10-14-11-16(20)5-6-17(14)24-19)7-9-21-8-3-4-13(12-21)18(22)23/h4-6,11,15H,3,7-10,12H2,1-2H3,(H,22,23). The van der Waals surface area contributed by atoms with Gasteiger partial charge in [-0.1, -0.05) is 6.08 Å². The third kappa shape index (κ3) is 3.61. The largest absolute Gasteiger partial charge is 0.487 e. The molecule has 0 fully saturated rings. The predicted molar refractivity (Wildman–Crippen MR) is 89.7 cm³/mol. The van der Waals surface area contributed by atoms with Gasteiger partial charge in [0.15, 0.2) is 0 Å². The van der Waals surface area contributed by atoms with Crippen LogP contribution in [-0.2, 0) is 11.2 Å². The fourth-order valence-corrected chi connectivity index (χ4v) is 3.62. The fourth-order valence-electron chi connectivity index (χ4n) is 3.62. The van der Waals surface area contributed by atoms with Gasteiger partial charge in [-0.3, -0.25) is 4.90 Å². The topological polar surface area (TPSA) is 49.8 Å². The normalized spacial score (nSPS) is 23.1. The van der Waals surface area contributed by atoms with Crippen LogP contribution < -0.4 is 4.74 Å². The minimum absolute atomic E-state index is 0.233. The van der Waals surface area contributed by atoms with Crippen LogP contribution in [0.1, 0.15) is 32.3 Å². The van der Waals surface area contributed by atoms with Gasteiger partial charge in [0.2, 0.25) is 0 Å². The fraction of sp³-hybridized carbons (Fsp3) is 0.526. The zero-order chi connectivity index (χ0) is 17.3. The highest BCUT2D eigenvalue weighted by molar-refractivity contribution is 5.87. The molecule has 0 amide bonds. The van der Waals surface area contributed by atoms with Crippen molar-refractivity contribution in [2.75, 3.05) is 19.6 Å². The van der Waals surface area contributed by atoms with E-state index in [9.17, 15) is 9.18 Å². The van der Waals surface area contributed by atoms with Crippen LogP contribution in [0.4, 0.5) is 4.39 Å². The number of halogens is 1. The number of rotatable bonds is 4. The van der Waals surface area contributed by atoms with Gasteiger partial charge in [0.1, 0.15) is 17.2 Å². The molecule has 4 nitrogen and oxygen atoms in total. The second kappa shape index (κ2) is 6.55. The number of hydrogen-bond donors (Lipinski definition) is 1. The second-order valence-corrected chi connectivity index (χ2v) is 7.25. The molecule has 2 heterocycles. The Morgan fingerprint density at radius 2 is 2.25 bits per heavy atom. The van der Waals surface area contributed by atoms with E-state index in [-0.39, 0.29) is 17.3 Å². The molecule has 0 saturated carbocycles. The molecule has 0 aromatic heterocycles. The van der Waals surface area contributed by atoms with Crippen molar-refractivity contribution in [3.8, 4) is 5.75 Å². The predicted octanol–water partition coefficient (Wildman–Crippen LogP) is 3.26. The van der Waals surface area contributed by atoms with Gasteiger partial charge in [0.05, 0.1) is 0 Å². The summed E-state index contributed by atoms with van der Waals surface area (Å²) < 4.78 is 19.6. The van der Waals surface area contributed by atoms with Gasteiger partial charge in [0, 0.05) is 24.6 Å². The Kier molecular flexibility index (Phi) is 4.63. The van der Waals surface area contributed by atoms with Crippen LogP contribution in [0.25, 0.3) is 0 Å². The number of nitrogens with zero attached hydrogens (tertiary/aromatic N) is 1. The smallest absolute Gasteiger partial charge is 0.332 e. The molecular weight excluding hydrogens is 309 g/mol. The average Bonchev–Trinajstić information content (AvgIpc) is 2.53. The first-order chi connectivity index (χ1) is 11.3. The molecule has 130 valence electrons. The molecular formula is C19H24FNO3. The molecule has 0 radical (unpaired) electrons. The molecule has 1 aromatic rings. The third-order valence-electron chi connectivity index (χ3n) is 5.14. The lowest BCUT2D eigenvalue weighted by atomic mass is 9.80. The SMILES string of the molecule is CC1(C)Oc2ccc(F)cc2CC1CCN1CCC=C(C(=O)O)C1. The summed E-state index contributed by atoms with van der Waals surface area (Å²) in [4.78, 5) is 13.3. The zero-order valence-corrected chi connectivity index (χ0v) is 14.2. The van der Waals surface area contributed by atoms with Gasteiger partial charge in [-0.2, -0.15) is 0 Å². The van der Waals surface area contributed by atoms with E-state index in [0.717, 1.165) is 43.7 Å². The molecule has 24 heavy (non-hydrogen) atoms. The van der Waals surface area contributed by atoms with E-state index in [0.29, 0.717) is 12.1 Å². The van der Waals surface area contributed by atoms with Crippen LogP contribution in [0.3, 0.4) is 0 Å². The minimum atomic E-state index is -0.828. The lowest BCUT2D eigenvalue weighted by molar-refractivity contribution is -0.133. The number of hydrogen-bond acceptors (Lipinski definition) is 3. The monoisotopic (exact) mass is 333 g/mol. The number of benzene rings is 1. The van der Waals surface area contributed by atoms with Gasteiger partial charge in [-0.15, -0.1) is 0 Å². The molecule has 0 saturated heterocycles. The summed E-state index contributed by atoms with van der Waals surface area (Å²) in [5.74, 6) is -0.0220. The molecule has 2 aliphatic heterocycles. The van der Waals surface area contributed by atoms with E-state index in [1.54, 1.807) is 12.1 Å². The average molecular weight is 333 g/mol.